The largest absolute Gasteiger partial charge is 0.497 e. The van der Waals surface area contributed by atoms with Crippen molar-refractivity contribution in [3.05, 3.63) is 63.9 Å². The second-order valence-corrected chi connectivity index (χ2v) is 8.54. The number of nitrogens with one attached hydrogen (secondary N) is 2. The van der Waals surface area contributed by atoms with Gasteiger partial charge in [-0.05, 0) is 43.3 Å². The predicted molar refractivity (Wildman–Crippen MR) is 131 cm³/mol. The Hall–Kier alpha value is -2.75. The standard InChI is InChI=1S/C22H23Cl2N5O3S/c1-3-29-18(11-12-25-21(31)14-7-9-15(32-2)10-8-14)27-28-22(29)33-13-19(30)26-17-6-4-5-16(23)20(17)24/h4-10H,3,11-13H2,1-2H3,(H,25,31)(H,26,30). The van der Waals surface area contributed by atoms with Gasteiger partial charge in [-0.15, -0.1) is 10.2 Å². The Kier molecular flexibility index (Phi) is 8.99. The molecule has 0 aliphatic rings. The lowest BCUT2D eigenvalue weighted by Gasteiger charge is -2.09. The van der Waals surface area contributed by atoms with E-state index in [0.29, 0.717) is 51.7 Å². The number of benzene rings is 2. The maximum Gasteiger partial charge on any atom is 0.251 e. The molecule has 3 rings (SSSR count). The van der Waals surface area contributed by atoms with Crippen LogP contribution in [0, 0.1) is 0 Å². The Balaban J connectivity index is 1.52. The van der Waals surface area contributed by atoms with Crippen LogP contribution in [-0.4, -0.2) is 46.0 Å². The highest BCUT2D eigenvalue weighted by Crippen LogP contribution is 2.29. The normalized spacial score (nSPS) is 10.7. The maximum atomic E-state index is 12.3. The van der Waals surface area contributed by atoms with Crippen LogP contribution < -0.4 is 15.4 Å². The van der Waals surface area contributed by atoms with Gasteiger partial charge in [0.1, 0.15) is 11.6 Å². The van der Waals surface area contributed by atoms with Crippen molar-refractivity contribution in [3.8, 4) is 5.75 Å². The topological polar surface area (TPSA) is 98.1 Å². The van der Waals surface area contributed by atoms with Gasteiger partial charge < -0.3 is 19.9 Å². The lowest BCUT2D eigenvalue weighted by Crippen LogP contribution is -2.26. The Labute approximate surface area is 206 Å². The number of amides is 2. The molecule has 0 aliphatic heterocycles. The highest BCUT2D eigenvalue weighted by Gasteiger charge is 2.15. The first-order chi connectivity index (χ1) is 15.9. The molecule has 33 heavy (non-hydrogen) atoms. The fraction of sp³-hybridized carbons (Fsp3) is 0.273. The van der Waals surface area contributed by atoms with Crippen molar-refractivity contribution < 1.29 is 14.3 Å². The summed E-state index contributed by atoms with van der Waals surface area (Å²) in [5.41, 5.74) is 1.01. The summed E-state index contributed by atoms with van der Waals surface area (Å²) in [6, 6.07) is 11.9. The summed E-state index contributed by atoms with van der Waals surface area (Å²) in [6.07, 6.45) is 0.508. The fourth-order valence-corrected chi connectivity index (χ4v) is 4.15. The van der Waals surface area contributed by atoms with Crippen LogP contribution in [0.25, 0.3) is 0 Å². The van der Waals surface area contributed by atoms with E-state index in [2.05, 4.69) is 20.8 Å². The Morgan fingerprint density at radius 2 is 1.88 bits per heavy atom. The number of carbonyl (C=O) groups is 2. The van der Waals surface area contributed by atoms with Crippen LogP contribution in [0.1, 0.15) is 23.1 Å². The molecule has 2 amide bonds. The number of carbonyl (C=O) groups excluding carboxylic acids is 2. The number of nitrogens with zero attached hydrogens (tertiary/aromatic N) is 3. The third-order valence-corrected chi connectivity index (χ3v) is 6.44. The van der Waals surface area contributed by atoms with Crippen molar-refractivity contribution in [3.63, 3.8) is 0 Å². The minimum absolute atomic E-state index is 0.134. The molecule has 1 aromatic heterocycles. The molecule has 11 heteroatoms. The maximum absolute atomic E-state index is 12.3. The van der Waals surface area contributed by atoms with Gasteiger partial charge in [0.25, 0.3) is 5.91 Å². The molecule has 8 nitrogen and oxygen atoms in total. The molecule has 0 saturated heterocycles. The summed E-state index contributed by atoms with van der Waals surface area (Å²) in [5, 5.41) is 15.3. The van der Waals surface area contributed by atoms with Gasteiger partial charge in [0.05, 0.1) is 28.6 Å². The molecule has 174 valence electrons. The van der Waals surface area contributed by atoms with Crippen LogP contribution >= 0.6 is 35.0 Å². The first kappa shape index (κ1) is 24.9. The second kappa shape index (κ2) is 11.9. The number of anilines is 1. The van der Waals surface area contributed by atoms with Gasteiger partial charge in [-0.25, -0.2) is 0 Å². The lowest BCUT2D eigenvalue weighted by atomic mass is 10.2. The lowest BCUT2D eigenvalue weighted by molar-refractivity contribution is -0.113. The molecule has 0 saturated carbocycles. The SMILES string of the molecule is CCn1c(CCNC(=O)c2ccc(OC)cc2)nnc1SCC(=O)Nc1cccc(Cl)c1Cl. The van der Waals surface area contributed by atoms with Gasteiger partial charge in [-0.2, -0.15) is 0 Å². The van der Waals surface area contributed by atoms with E-state index in [-0.39, 0.29) is 17.6 Å². The average molecular weight is 508 g/mol. The quantitative estimate of drug-likeness (QED) is 0.396. The van der Waals surface area contributed by atoms with Crippen molar-refractivity contribution in [1.82, 2.24) is 20.1 Å². The number of rotatable bonds is 10. The van der Waals surface area contributed by atoms with Crippen LogP contribution in [0.3, 0.4) is 0 Å². The molecular formula is C22H23Cl2N5O3S. The zero-order chi connectivity index (χ0) is 23.8. The summed E-state index contributed by atoms with van der Waals surface area (Å²) in [4.78, 5) is 24.6. The first-order valence-electron chi connectivity index (χ1n) is 10.1. The van der Waals surface area contributed by atoms with Gasteiger partial charge >= 0.3 is 0 Å². The zero-order valence-electron chi connectivity index (χ0n) is 18.1. The van der Waals surface area contributed by atoms with Crippen LogP contribution in [0.4, 0.5) is 5.69 Å². The van der Waals surface area contributed by atoms with Crippen LogP contribution in [0.2, 0.25) is 10.0 Å². The third kappa shape index (κ3) is 6.63. The van der Waals surface area contributed by atoms with Gasteiger partial charge in [0, 0.05) is 25.1 Å². The molecular weight excluding hydrogens is 485 g/mol. The Morgan fingerprint density at radius 3 is 2.58 bits per heavy atom. The molecule has 1 heterocycles. The van der Waals surface area contributed by atoms with Crippen LogP contribution in [0.15, 0.2) is 47.6 Å². The minimum atomic E-state index is -0.233. The molecule has 0 bridgehead atoms. The minimum Gasteiger partial charge on any atom is -0.497 e. The van der Waals surface area contributed by atoms with E-state index in [9.17, 15) is 9.59 Å². The smallest absolute Gasteiger partial charge is 0.251 e. The molecule has 2 N–H and O–H groups in total. The molecule has 2 aromatic carbocycles. The van der Waals surface area contributed by atoms with E-state index >= 15 is 0 Å². The summed E-state index contributed by atoms with van der Waals surface area (Å²) in [7, 11) is 1.58. The van der Waals surface area contributed by atoms with Gasteiger partial charge in [-0.1, -0.05) is 41.0 Å². The summed E-state index contributed by atoms with van der Waals surface area (Å²) in [5.74, 6) is 1.15. The first-order valence-corrected chi connectivity index (χ1v) is 11.9. The molecule has 0 aliphatic carbocycles. The second-order valence-electron chi connectivity index (χ2n) is 6.82. The molecule has 0 atom stereocenters. The van der Waals surface area contributed by atoms with E-state index in [1.54, 1.807) is 49.6 Å². The summed E-state index contributed by atoms with van der Waals surface area (Å²) >= 11 is 13.4. The number of hydrogen-bond acceptors (Lipinski definition) is 6. The molecule has 0 fully saturated rings. The molecule has 0 radical (unpaired) electrons. The number of thioether (sulfide) groups is 1. The summed E-state index contributed by atoms with van der Waals surface area (Å²) in [6.45, 7) is 3.01. The number of methoxy groups -OCH3 is 1. The Morgan fingerprint density at radius 1 is 1.12 bits per heavy atom. The van der Waals surface area contributed by atoms with E-state index in [0.717, 1.165) is 5.82 Å². The number of hydrogen-bond donors (Lipinski definition) is 2. The number of ether oxygens (including phenoxy) is 1. The van der Waals surface area contributed by atoms with Crippen molar-refractivity contribution >= 4 is 52.5 Å². The monoisotopic (exact) mass is 507 g/mol. The average Bonchev–Trinajstić information content (AvgIpc) is 3.22. The molecule has 0 unspecified atom stereocenters. The van der Waals surface area contributed by atoms with Crippen molar-refractivity contribution in [1.29, 1.82) is 0 Å². The van der Waals surface area contributed by atoms with E-state index in [1.807, 2.05) is 11.5 Å². The van der Waals surface area contributed by atoms with Crippen molar-refractivity contribution in [2.24, 2.45) is 0 Å². The molecule has 0 spiro atoms. The Bertz CT molecular complexity index is 1120. The number of aromatic nitrogens is 3. The highest BCUT2D eigenvalue weighted by molar-refractivity contribution is 7.99. The van der Waals surface area contributed by atoms with Crippen LogP contribution in [-0.2, 0) is 17.8 Å². The van der Waals surface area contributed by atoms with E-state index in [1.165, 1.54) is 11.8 Å². The van der Waals surface area contributed by atoms with E-state index in [4.69, 9.17) is 27.9 Å². The van der Waals surface area contributed by atoms with Gasteiger partial charge in [-0.3, -0.25) is 9.59 Å². The predicted octanol–water partition coefficient (Wildman–Crippen LogP) is 4.32. The van der Waals surface area contributed by atoms with Crippen molar-refractivity contribution in [2.75, 3.05) is 24.7 Å². The van der Waals surface area contributed by atoms with Gasteiger partial charge in [0.2, 0.25) is 5.91 Å². The summed E-state index contributed by atoms with van der Waals surface area (Å²) < 4.78 is 7.02. The highest BCUT2D eigenvalue weighted by atomic mass is 35.5. The number of halogens is 2. The zero-order valence-corrected chi connectivity index (χ0v) is 20.4. The molecule has 3 aromatic rings. The third-order valence-electron chi connectivity index (χ3n) is 4.65. The fourth-order valence-electron chi connectivity index (χ4n) is 2.98. The van der Waals surface area contributed by atoms with Crippen molar-refractivity contribution in [2.45, 2.75) is 25.0 Å². The van der Waals surface area contributed by atoms with E-state index < -0.39 is 0 Å². The van der Waals surface area contributed by atoms with Crippen LogP contribution in [0.5, 0.6) is 5.75 Å². The van der Waals surface area contributed by atoms with Gasteiger partial charge in [0.15, 0.2) is 5.16 Å².